The first kappa shape index (κ1) is 22.9. The van der Waals surface area contributed by atoms with Crippen molar-refractivity contribution in [3.8, 4) is 11.3 Å². The Morgan fingerprint density at radius 3 is 2.45 bits per heavy atom. The van der Waals surface area contributed by atoms with Gasteiger partial charge in [-0.25, -0.2) is 22.6 Å². The van der Waals surface area contributed by atoms with E-state index in [2.05, 4.69) is 5.32 Å². The maximum absolute atomic E-state index is 13.5. The van der Waals surface area contributed by atoms with Crippen LogP contribution in [-0.2, 0) is 21.8 Å². The molecule has 0 aliphatic carbocycles. The van der Waals surface area contributed by atoms with E-state index in [0.29, 0.717) is 6.54 Å². The zero-order valence-corrected chi connectivity index (χ0v) is 19.8. The molecule has 4 rings (SSSR count). The molecule has 0 fully saturated rings. The number of amides is 2. The summed E-state index contributed by atoms with van der Waals surface area (Å²) in [4.78, 5) is 19.8. The van der Waals surface area contributed by atoms with Crippen LogP contribution in [0, 0.1) is 12.7 Å². The molecular weight excluding hydrogens is 441 g/mol. The third-order valence-corrected chi connectivity index (χ3v) is 6.99. The minimum Gasteiger partial charge on any atom is -0.334 e. The van der Waals surface area contributed by atoms with Crippen LogP contribution in [0.1, 0.15) is 30.7 Å². The Kier molecular flexibility index (Phi) is 5.74. The molecule has 172 valence electrons. The summed E-state index contributed by atoms with van der Waals surface area (Å²) in [5, 5.41) is 2.91. The Labute approximate surface area is 193 Å². The van der Waals surface area contributed by atoms with Crippen molar-refractivity contribution in [2.75, 3.05) is 17.7 Å². The summed E-state index contributed by atoms with van der Waals surface area (Å²) in [6, 6.07) is 14.6. The largest absolute Gasteiger partial charge is 0.334 e. The summed E-state index contributed by atoms with van der Waals surface area (Å²) >= 11 is 0. The van der Waals surface area contributed by atoms with Crippen molar-refractivity contribution >= 4 is 21.6 Å². The first-order valence-electron chi connectivity index (χ1n) is 10.6. The van der Waals surface area contributed by atoms with Gasteiger partial charge in [0.1, 0.15) is 5.82 Å². The Hall–Kier alpha value is -3.26. The number of hydrogen-bond acceptors (Lipinski definition) is 4. The van der Waals surface area contributed by atoms with Gasteiger partial charge in [0.05, 0.1) is 22.0 Å². The molecule has 33 heavy (non-hydrogen) atoms. The van der Waals surface area contributed by atoms with E-state index < -0.39 is 9.84 Å². The van der Waals surface area contributed by atoms with Gasteiger partial charge in [-0.2, -0.15) is 0 Å². The van der Waals surface area contributed by atoms with Crippen LogP contribution < -0.4 is 10.2 Å². The third kappa shape index (κ3) is 4.61. The predicted molar refractivity (Wildman–Crippen MR) is 127 cm³/mol. The van der Waals surface area contributed by atoms with E-state index in [1.165, 1.54) is 24.3 Å². The maximum atomic E-state index is 13.5. The number of benzene rings is 2. The van der Waals surface area contributed by atoms with Crippen molar-refractivity contribution in [2.24, 2.45) is 0 Å². The van der Waals surface area contributed by atoms with Crippen LogP contribution >= 0.6 is 0 Å². The quantitative estimate of drug-likeness (QED) is 0.608. The first-order valence-corrected chi connectivity index (χ1v) is 12.5. The van der Waals surface area contributed by atoms with E-state index in [9.17, 15) is 17.6 Å². The number of nitrogens with one attached hydrogen (secondary N) is 1. The molecule has 0 atom stereocenters. The highest BCUT2D eigenvalue weighted by atomic mass is 32.2. The monoisotopic (exact) mass is 467 g/mol. The van der Waals surface area contributed by atoms with Crippen LogP contribution in [0.5, 0.6) is 0 Å². The highest BCUT2D eigenvalue weighted by Gasteiger charge is 2.39. The van der Waals surface area contributed by atoms with E-state index in [1.807, 2.05) is 32.9 Å². The van der Waals surface area contributed by atoms with Crippen molar-refractivity contribution in [3.05, 3.63) is 77.2 Å². The number of nitrogens with zero attached hydrogens (tertiary/aromatic N) is 2. The first-order chi connectivity index (χ1) is 15.5. The van der Waals surface area contributed by atoms with Crippen LogP contribution in [0.2, 0.25) is 0 Å². The average molecular weight is 468 g/mol. The molecular formula is C25H26FN3O3S. The number of aryl methyl sites for hydroxylation is 1. The van der Waals surface area contributed by atoms with Gasteiger partial charge in [-0.1, -0.05) is 26.0 Å². The molecule has 1 aliphatic heterocycles. The lowest BCUT2D eigenvalue weighted by molar-refractivity contribution is 0.245. The fraction of sp³-hybridized carbons (Fsp3) is 0.280. The zero-order chi connectivity index (χ0) is 24.0. The number of anilines is 1. The van der Waals surface area contributed by atoms with E-state index in [4.69, 9.17) is 4.98 Å². The smallest absolute Gasteiger partial charge is 0.322 e. The molecule has 0 saturated heterocycles. The molecule has 0 unspecified atom stereocenters. The lowest BCUT2D eigenvalue weighted by Crippen LogP contribution is -2.41. The minimum absolute atomic E-state index is 0.242. The Morgan fingerprint density at radius 1 is 1.12 bits per heavy atom. The fourth-order valence-corrected chi connectivity index (χ4v) is 4.73. The van der Waals surface area contributed by atoms with E-state index in [1.54, 1.807) is 23.1 Å². The topological polar surface area (TPSA) is 79.4 Å². The number of halogens is 1. The normalized spacial score (nSPS) is 14.8. The molecule has 1 N–H and O–H groups in total. The highest BCUT2D eigenvalue weighted by Crippen LogP contribution is 2.40. The SMILES string of the molecule is Cc1cc(F)ccc1-c1ccc2c(n1)C(C)(C)CN2C(=O)NCc1ccc(S(C)(=O)=O)cc1. The third-order valence-electron chi connectivity index (χ3n) is 5.86. The molecule has 3 aromatic rings. The number of urea groups is 1. The van der Waals surface area contributed by atoms with Gasteiger partial charge >= 0.3 is 6.03 Å². The van der Waals surface area contributed by atoms with Gasteiger partial charge in [-0.3, -0.25) is 4.90 Å². The van der Waals surface area contributed by atoms with Gasteiger partial charge in [-0.15, -0.1) is 0 Å². The number of hydrogen-bond donors (Lipinski definition) is 1. The molecule has 6 nitrogen and oxygen atoms in total. The average Bonchev–Trinajstić information content (AvgIpc) is 3.02. The van der Waals surface area contributed by atoms with Gasteiger partial charge in [0, 0.05) is 30.3 Å². The molecule has 0 bridgehead atoms. The molecule has 1 aliphatic rings. The fourth-order valence-electron chi connectivity index (χ4n) is 4.10. The van der Waals surface area contributed by atoms with Gasteiger partial charge in [0.15, 0.2) is 9.84 Å². The summed E-state index contributed by atoms with van der Waals surface area (Å²) < 4.78 is 36.7. The maximum Gasteiger partial charge on any atom is 0.322 e. The van der Waals surface area contributed by atoms with E-state index in [-0.39, 0.29) is 28.7 Å². The molecule has 0 spiro atoms. The van der Waals surface area contributed by atoms with Crippen molar-refractivity contribution in [2.45, 2.75) is 37.6 Å². The number of carbonyl (C=O) groups is 1. The van der Waals surface area contributed by atoms with Crippen LogP contribution in [0.25, 0.3) is 11.3 Å². The number of sulfone groups is 1. The lowest BCUT2D eigenvalue weighted by atomic mass is 9.91. The molecule has 2 amide bonds. The van der Waals surface area contributed by atoms with Crippen molar-refractivity contribution in [1.82, 2.24) is 10.3 Å². The number of rotatable bonds is 4. The second-order valence-corrected chi connectivity index (χ2v) is 11.1. The van der Waals surface area contributed by atoms with E-state index in [0.717, 1.165) is 40.0 Å². The molecule has 0 saturated carbocycles. The minimum atomic E-state index is -3.26. The molecule has 2 aromatic carbocycles. The molecule has 0 radical (unpaired) electrons. The standard InChI is InChI=1S/C25H26FN3O3S/c1-16-13-18(26)7-10-20(16)21-11-12-22-23(28-21)25(2,3)15-29(22)24(30)27-14-17-5-8-19(9-6-17)33(4,31)32/h5-13H,14-15H2,1-4H3,(H,27,30). The van der Waals surface area contributed by atoms with Crippen molar-refractivity contribution in [1.29, 1.82) is 0 Å². The van der Waals surface area contributed by atoms with Crippen LogP contribution in [0.15, 0.2) is 59.5 Å². The van der Waals surface area contributed by atoms with Crippen LogP contribution in [0.3, 0.4) is 0 Å². The second-order valence-electron chi connectivity index (χ2n) is 9.07. The van der Waals surface area contributed by atoms with Gasteiger partial charge < -0.3 is 5.32 Å². The van der Waals surface area contributed by atoms with E-state index >= 15 is 0 Å². The number of carbonyl (C=O) groups excluding carboxylic acids is 1. The van der Waals surface area contributed by atoms with Crippen molar-refractivity contribution < 1.29 is 17.6 Å². The highest BCUT2D eigenvalue weighted by molar-refractivity contribution is 7.90. The van der Waals surface area contributed by atoms with Gasteiger partial charge in [0.2, 0.25) is 0 Å². The Bertz CT molecular complexity index is 1340. The van der Waals surface area contributed by atoms with Gasteiger partial charge in [0.25, 0.3) is 0 Å². The Balaban J connectivity index is 1.54. The summed E-state index contributed by atoms with van der Waals surface area (Å²) in [6.07, 6.45) is 1.16. The summed E-state index contributed by atoms with van der Waals surface area (Å²) in [5.74, 6) is -0.286. The van der Waals surface area contributed by atoms with Crippen LogP contribution in [0.4, 0.5) is 14.9 Å². The van der Waals surface area contributed by atoms with Gasteiger partial charge in [-0.05, 0) is 60.5 Å². The Morgan fingerprint density at radius 2 is 1.82 bits per heavy atom. The molecule has 1 aromatic heterocycles. The second kappa shape index (κ2) is 8.26. The zero-order valence-electron chi connectivity index (χ0n) is 19.0. The summed E-state index contributed by atoms with van der Waals surface area (Å²) in [6.45, 7) is 6.67. The lowest BCUT2D eigenvalue weighted by Gasteiger charge is -2.20. The summed E-state index contributed by atoms with van der Waals surface area (Å²) in [5.41, 5.74) is 4.41. The number of pyridine rings is 1. The molecule has 2 heterocycles. The number of aromatic nitrogens is 1. The predicted octanol–water partition coefficient (Wildman–Crippen LogP) is 4.61. The molecule has 8 heteroatoms. The summed E-state index contributed by atoms with van der Waals surface area (Å²) in [7, 11) is -3.26. The number of fused-ring (bicyclic) bond motifs is 1. The van der Waals surface area contributed by atoms with Crippen molar-refractivity contribution in [3.63, 3.8) is 0 Å². The van der Waals surface area contributed by atoms with Crippen LogP contribution in [-0.4, -0.2) is 32.2 Å².